The normalized spacial score (nSPS) is 45.8. The topological polar surface area (TPSA) is 38.3 Å². The van der Waals surface area contributed by atoms with Gasteiger partial charge in [-0.25, -0.2) is 0 Å². The van der Waals surface area contributed by atoms with Crippen LogP contribution in [0.15, 0.2) is 0 Å². The monoisotopic (exact) mass is 257 g/mol. The Kier molecular flexibility index (Phi) is 2.96. The summed E-state index contributed by atoms with van der Waals surface area (Å²) in [5, 5.41) is 3.32. The van der Waals surface area contributed by atoms with Gasteiger partial charge >= 0.3 is 0 Å². The minimum atomic E-state index is -0.189. The van der Waals surface area contributed by atoms with Gasteiger partial charge in [0.25, 0.3) is 0 Å². The molecule has 3 aliphatic carbocycles. The minimum Gasteiger partial charge on any atom is -0.375 e. The number of morpholine rings is 1. The molecule has 0 radical (unpaired) electrons. The summed E-state index contributed by atoms with van der Waals surface area (Å²) in [7, 11) is 0. The molecule has 4 heteroatoms. The molecule has 0 aromatic rings. The van der Waals surface area contributed by atoms with Crippen molar-refractivity contribution in [2.45, 2.75) is 44.6 Å². The van der Waals surface area contributed by atoms with E-state index in [2.05, 4.69) is 5.32 Å². The summed E-state index contributed by atoms with van der Waals surface area (Å²) in [5.74, 6) is 0. The number of carbonyl (C=O) groups is 1. The molecule has 1 heterocycles. The van der Waals surface area contributed by atoms with Crippen LogP contribution in [0.1, 0.15) is 38.5 Å². The van der Waals surface area contributed by atoms with Gasteiger partial charge < -0.3 is 10.1 Å². The number of fused-ring (bicyclic) bond motifs is 3. The fourth-order valence-electron chi connectivity index (χ4n) is 3.95. The van der Waals surface area contributed by atoms with Crippen LogP contribution in [0.25, 0.3) is 0 Å². The van der Waals surface area contributed by atoms with E-state index in [0.29, 0.717) is 11.5 Å². The van der Waals surface area contributed by atoms with Gasteiger partial charge in [-0.05, 0) is 55.5 Å². The van der Waals surface area contributed by atoms with E-state index in [1.54, 1.807) is 0 Å². The van der Waals surface area contributed by atoms with Gasteiger partial charge in [0.2, 0.25) is 5.24 Å². The highest BCUT2D eigenvalue weighted by Gasteiger charge is 2.55. The molecular formula is C13H20ClNO2. The summed E-state index contributed by atoms with van der Waals surface area (Å²) in [6.45, 7) is 2.77. The van der Waals surface area contributed by atoms with E-state index in [1.165, 1.54) is 0 Å². The molecule has 2 bridgehead atoms. The second-order valence-corrected chi connectivity index (χ2v) is 6.32. The Morgan fingerprint density at radius 1 is 1.18 bits per heavy atom. The van der Waals surface area contributed by atoms with E-state index < -0.39 is 0 Å². The Hall–Kier alpha value is -0.120. The zero-order valence-corrected chi connectivity index (χ0v) is 10.9. The van der Waals surface area contributed by atoms with Gasteiger partial charge in [0.05, 0.1) is 12.7 Å². The van der Waals surface area contributed by atoms with Crippen molar-refractivity contribution in [1.29, 1.82) is 0 Å². The zero-order valence-electron chi connectivity index (χ0n) is 10.1. The molecule has 0 spiro atoms. The summed E-state index contributed by atoms with van der Waals surface area (Å²) >= 11 is 5.79. The van der Waals surface area contributed by atoms with Crippen LogP contribution in [0.5, 0.6) is 0 Å². The lowest BCUT2D eigenvalue weighted by Gasteiger charge is -2.55. The molecule has 96 valence electrons. The number of ether oxygens (including phenoxy) is 1. The van der Waals surface area contributed by atoms with Crippen LogP contribution in [0.2, 0.25) is 0 Å². The van der Waals surface area contributed by atoms with Crippen molar-refractivity contribution < 1.29 is 9.53 Å². The highest BCUT2D eigenvalue weighted by atomic mass is 35.5. The van der Waals surface area contributed by atoms with E-state index in [9.17, 15) is 4.79 Å². The van der Waals surface area contributed by atoms with Crippen LogP contribution in [-0.2, 0) is 9.53 Å². The second kappa shape index (κ2) is 4.22. The van der Waals surface area contributed by atoms with Crippen molar-refractivity contribution in [3.05, 3.63) is 0 Å². The molecule has 0 aromatic carbocycles. The standard InChI is InChI=1S/C13H20ClNO2/c14-11(16)13-4-1-12(2-5-13,3-6-13)10-9-15-7-8-17-10/h10,15H,1-9H2. The summed E-state index contributed by atoms with van der Waals surface area (Å²) < 4.78 is 5.95. The van der Waals surface area contributed by atoms with Crippen LogP contribution in [0, 0.1) is 10.8 Å². The summed E-state index contributed by atoms with van der Waals surface area (Å²) in [6, 6.07) is 0. The first-order valence-electron chi connectivity index (χ1n) is 6.69. The summed E-state index contributed by atoms with van der Waals surface area (Å²) in [5.41, 5.74) is 0.132. The first kappa shape index (κ1) is 11.9. The molecule has 1 atom stereocenters. The lowest BCUT2D eigenvalue weighted by Crippen LogP contribution is -2.55. The number of halogens is 1. The number of rotatable bonds is 2. The second-order valence-electron chi connectivity index (χ2n) is 5.98. The average molecular weight is 258 g/mol. The zero-order chi connectivity index (χ0) is 11.9. The van der Waals surface area contributed by atoms with Gasteiger partial charge in [-0.1, -0.05) is 0 Å². The van der Waals surface area contributed by atoms with Crippen molar-refractivity contribution in [3.8, 4) is 0 Å². The van der Waals surface area contributed by atoms with E-state index in [0.717, 1.165) is 58.2 Å². The number of carbonyl (C=O) groups excluding carboxylic acids is 1. The van der Waals surface area contributed by atoms with Gasteiger partial charge in [0, 0.05) is 18.5 Å². The van der Waals surface area contributed by atoms with E-state index in [4.69, 9.17) is 16.3 Å². The SMILES string of the molecule is O=C(Cl)C12CCC(C3CNCCO3)(CC1)CC2. The summed E-state index contributed by atoms with van der Waals surface area (Å²) in [4.78, 5) is 11.6. The molecule has 3 nitrogen and oxygen atoms in total. The average Bonchev–Trinajstić information content (AvgIpc) is 2.42. The molecule has 1 unspecified atom stereocenters. The molecule has 0 aromatic heterocycles. The Morgan fingerprint density at radius 3 is 2.29 bits per heavy atom. The molecule has 1 saturated heterocycles. The lowest BCUT2D eigenvalue weighted by molar-refractivity contribution is -0.145. The van der Waals surface area contributed by atoms with Crippen molar-refractivity contribution in [1.82, 2.24) is 5.32 Å². The Balaban J connectivity index is 1.74. The Morgan fingerprint density at radius 2 is 1.82 bits per heavy atom. The number of hydrogen-bond acceptors (Lipinski definition) is 3. The largest absolute Gasteiger partial charge is 0.375 e. The van der Waals surface area contributed by atoms with Crippen LogP contribution in [0.4, 0.5) is 0 Å². The van der Waals surface area contributed by atoms with Crippen LogP contribution in [0.3, 0.4) is 0 Å². The highest BCUT2D eigenvalue weighted by molar-refractivity contribution is 6.64. The first-order valence-corrected chi connectivity index (χ1v) is 7.07. The molecule has 3 saturated carbocycles. The third kappa shape index (κ3) is 1.83. The van der Waals surface area contributed by atoms with Gasteiger partial charge in [0.15, 0.2) is 0 Å². The maximum absolute atomic E-state index is 11.6. The number of hydrogen-bond donors (Lipinski definition) is 1. The van der Waals surface area contributed by atoms with E-state index in [-0.39, 0.29) is 10.7 Å². The third-order valence-electron chi connectivity index (χ3n) is 5.33. The van der Waals surface area contributed by atoms with Crippen molar-refractivity contribution in [3.63, 3.8) is 0 Å². The molecule has 1 aliphatic heterocycles. The minimum absolute atomic E-state index is 0.103. The molecule has 4 fully saturated rings. The van der Waals surface area contributed by atoms with Crippen LogP contribution >= 0.6 is 11.6 Å². The lowest BCUT2D eigenvalue weighted by atomic mass is 9.52. The van der Waals surface area contributed by atoms with Crippen molar-refractivity contribution >= 4 is 16.8 Å². The molecule has 4 rings (SSSR count). The van der Waals surface area contributed by atoms with Gasteiger partial charge in [-0.15, -0.1) is 0 Å². The predicted molar refractivity (Wildman–Crippen MR) is 66.0 cm³/mol. The van der Waals surface area contributed by atoms with Crippen molar-refractivity contribution in [2.75, 3.05) is 19.7 Å². The maximum atomic E-state index is 11.6. The molecule has 1 N–H and O–H groups in total. The van der Waals surface area contributed by atoms with E-state index in [1.807, 2.05) is 0 Å². The van der Waals surface area contributed by atoms with Crippen LogP contribution in [-0.4, -0.2) is 31.0 Å². The first-order chi connectivity index (χ1) is 8.17. The van der Waals surface area contributed by atoms with Gasteiger partial charge in [-0.2, -0.15) is 0 Å². The van der Waals surface area contributed by atoms with E-state index >= 15 is 0 Å². The maximum Gasteiger partial charge on any atom is 0.227 e. The molecule has 0 amide bonds. The molecule has 4 aliphatic rings. The van der Waals surface area contributed by atoms with Gasteiger partial charge in [0.1, 0.15) is 0 Å². The number of nitrogens with one attached hydrogen (secondary N) is 1. The third-order valence-corrected chi connectivity index (χ3v) is 5.73. The van der Waals surface area contributed by atoms with Crippen molar-refractivity contribution in [2.24, 2.45) is 10.8 Å². The highest BCUT2D eigenvalue weighted by Crippen LogP contribution is 2.59. The Labute approximate surface area is 107 Å². The fraction of sp³-hybridized carbons (Fsp3) is 0.923. The fourth-order valence-corrected chi connectivity index (χ4v) is 4.23. The van der Waals surface area contributed by atoms with Gasteiger partial charge in [-0.3, -0.25) is 4.79 Å². The smallest absolute Gasteiger partial charge is 0.227 e. The predicted octanol–water partition coefficient (Wildman–Crippen LogP) is 2.08. The van der Waals surface area contributed by atoms with Crippen LogP contribution < -0.4 is 5.32 Å². The summed E-state index contributed by atoms with van der Waals surface area (Å²) in [6.07, 6.45) is 6.58. The Bertz CT molecular complexity index is 301. The molecule has 17 heavy (non-hydrogen) atoms. The quantitative estimate of drug-likeness (QED) is 0.770. The molecular weight excluding hydrogens is 238 g/mol.